The average Bonchev–Trinajstić information content (AvgIpc) is 3.94. The summed E-state index contributed by atoms with van der Waals surface area (Å²) in [6.45, 7) is 6.76. The van der Waals surface area contributed by atoms with E-state index in [-0.39, 0.29) is 5.41 Å². The van der Waals surface area contributed by atoms with E-state index in [1.165, 1.54) is 32.7 Å². The summed E-state index contributed by atoms with van der Waals surface area (Å²) in [4.78, 5) is 9.85. The monoisotopic (exact) mass is 748 g/mol. The highest BCUT2D eigenvalue weighted by Crippen LogP contribution is 2.42. The van der Waals surface area contributed by atoms with E-state index in [0.717, 1.165) is 67.2 Å². The van der Waals surface area contributed by atoms with Crippen molar-refractivity contribution in [3.05, 3.63) is 188 Å². The second kappa shape index (κ2) is 13.1. The molecule has 0 fully saturated rings. The summed E-state index contributed by atoms with van der Waals surface area (Å²) >= 11 is 0. The summed E-state index contributed by atoms with van der Waals surface area (Å²) < 4.78 is 6.93. The summed E-state index contributed by atoms with van der Waals surface area (Å²) in [6, 6.07) is 60.7. The lowest BCUT2D eigenvalue weighted by atomic mass is 9.88. The van der Waals surface area contributed by atoms with Crippen molar-refractivity contribution in [1.29, 1.82) is 0 Å². The topological polar surface area (TPSA) is 52.6 Å². The number of imidazole rings is 1. The number of aromatic nitrogens is 5. The maximum Gasteiger partial charge on any atom is 0.137 e. The minimum absolute atomic E-state index is 0.0347. The molecule has 0 amide bonds. The molecule has 0 aliphatic heterocycles. The number of fused-ring (bicyclic) bond motifs is 7. The minimum Gasteiger partial charge on any atom is -0.355 e. The number of hydrogen-bond donors (Lipinski definition) is 1. The molecule has 0 bridgehead atoms. The van der Waals surface area contributed by atoms with Gasteiger partial charge in [-0.1, -0.05) is 118 Å². The average molecular weight is 749 g/mol. The molecule has 11 rings (SSSR count). The van der Waals surface area contributed by atoms with Gasteiger partial charge < -0.3 is 9.88 Å². The number of para-hydroxylation sites is 3. The van der Waals surface area contributed by atoms with Crippen LogP contribution >= 0.6 is 0 Å². The molecule has 4 aromatic heterocycles. The Balaban J connectivity index is 1.12. The number of benzene rings is 7. The van der Waals surface area contributed by atoms with E-state index >= 15 is 0 Å². The van der Waals surface area contributed by atoms with Crippen molar-refractivity contribution in [3.8, 4) is 28.3 Å². The predicted octanol–water partition coefficient (Wildman–Crippen LogP) is 13.3. The highest BCUT2D eigenvalue weighted by Gasteiger charge is 2.23. The van der Waals surface area contributed by atoms with E-state index in [2.05, 4.69) is 204 Å². The molecule has 11 aromatic rings. The maximum atomic E-state index is 5.02. The Morgan fingerprint density at radius 1 is 0.483 bits per heavy atom. The molecule has 0 saturated carbocycles. The second-order valence-corrected chi connectivity index (χ2v) is 16.1. The Hall–Kier alpha value is -7.44. The van der Waals surface area contributed by atoms with Crippen LogP contribution in [0.5, 0.6) is 0 Å². The van der Waals surface area contributed by atoms with Crippen LogP contribution in [0.2, 0.25) is 0 Å². The number of nitrogens with one attached hydrogen (secondary N) is 1. The van der Waals surface area contributed by atoms with Gasteiger partial charge in [0, 0.05) is 44.8 Å². The first kappa shape index (κ1) is 33.9. The van der Waals surface area contributed by atoms with E-state index in [9.17, 15) is 0 Å². The molecule has 0 spiro atoms. The Morgan fingerprint density at radius 3 is 1.91 bits per heavy atom. The molecule has 1 N–H and O–H groups in total. The SMILES string of the molecule is CC(C)(C)c1ccnc(-n2c3ccccc3c3c(-n4c5ccccc5c5ccccc54)cc(Nc4cccc(-n5cnc6cc(-c7ccccc7)ccc65)c4)cc32)c1. The van der Waals surface area contributed by atoms with Gasteiger partial charge in [0.2, 0.25) is 0 Å². The van der Waals surface area contributed by atoms with E-state index < -0.39 is 0 Å². The Bertz CT molecular complexity index is 3300. The molecule has 6 heteroatoms. The maximum absolute atomic E-state index is 5.02. The summed E-state index contributed by atoms with van der Waals surface area (Å²) in [5.74, 6) is 0.897. The molecule has 58 heavy (non-hydrogen) atoms. The zero-order valence-electron chi connectivity index (χ0n) is 32.6. The van der Waals surface area contributed by atoms with E-state index in [4.69, 9.17) is 9.97 Å². The summed E-state index contributed by atoms with van der Waals surface area (Å²) in [7, 11) is 0. The summed E-state index contributed by atoms with van der Waals surface area (Å²) in [6.07, 6.45) is 3.86. The molecular weight excluding hydrogens is 709 g/mol. The van der Waals surface area contributed by atoms with Crippen molar-refractivity contribution in [1.82, 2.24) is 23.7 Å². The predicted molar refractivity (Wildman–Crippen MR) is 241 cm³/mol. The molecule has 0 aliphatic rings. The molecule has 7 aromatic carbocycles. The molecule has 0 aliphatic carbocycles. The number of anilines is 2. The van der Waals surface area contributed by atoms with Crippen molar-refractivity contribution in [2.75, 3.05) is 5.32 Å². The number of hydrogen-bond acceptors (Lipinski definition) is 3. The van der Waals surface area contributed by atoms with Crippen LogP contribution in [0.15, 0.2) is 182 Å². The molecule has 0 unspecified atom stereocenters. The Morgan fingerprint density at radius 2 is 1.17 bits per heavy atom. The quantitative estimate of drug-likeness (QED) is 0.184. The molecular formula is C52H40N6. The fourth-order valence-electron chi connectivity index (χ4n) is 8.69. The fourth-order valence-corrected chi connectivity index (χ4v) is 8.69. The summed E-state index contributed by atoms with van der Waals surface area (Å²) in [5.41, 5.74) is 14.1. The van der Waals surface area contributed by atoms with Crippen molar-refractivity contribution >= 4 is 66.0 Å². The van der Waals surface area contributed by atoms with Crippen LogP contribution < -0.4 is 5.32 Å². The largest absolute Gasteiger partial charge is 0.355 e. The lowest BCUT2D eigenvalue weighted by Crippen LogP contribution is -2.12. The van der Waals surface area contributed by atoms with Gasteiger partial charge in [0.05, 0.1) is 38.8 Å². The third kappa shape index (κ3) is 5.48. The van der Waals surface area contributed by atoms with Gasteiger partial charge >= 0.3 is 0 Å². The van der Waals surface area contributed by atoms with Gasteiger partial charge in [0.15, 0.2) is 0 Å². The fraction of sp³-hybridized carbons (Fsp3) is 0.0769. The molecule has 6 nitrogen and oxygen atoms in total. The van der Waals surface area contributed by atoms with Gasteiger partial charge in [0.1, 0.15) is 12.1 Å². The lowest BCUT2D eigenvalue weighted by molar-refractivity contribution is 0.588. The first-order valence-electron chi connectivity index (χ1n) is 19.8. The van der Waals surface area contributed by atoms with Crippen LogP contribution in [0.4, 0.5) is 11.4 Å². The highest BCUT2D eigenvalue weighted by atomic mass is 15.1. The highest BCUT2D eigenvalue weighted by molar-refractivity contribution is 6.17. The smallest absolute Gasteiger partial charge is 0.137 e. The molecule has 4 heterocycles. The first-order valence-corrected chi connectivity index (χ1v) is 19.8. The van der Waals surface area contributed by atoms with E-state index in [1.807, 2.05) is 18.6 Å². The van der Waals surface area contributed by atoms with Crippen LogP contribution in [0.1, 0.15) is 26.3 Å². The van der Waals surface area contributed by atoms with Gasteiger partial charge in [-0.2, -0.15) is 0 Å². The van der Waals surface area contributed by atoms with Gasteiger partial charge in [-0.15, -0.1) is 0 Å². The molecule has 278 valence electrons. The van der Waals surface area contributed by atoms with Crippen molar-refractivity contribution in [2.45, 2.75) is 26.2 Å². The molecule has 0 atom stereocenters. The van der Waals surface area contributed by atoms with E-state index in [0.29, 0.717) is 0 Å². The van der Waals surface area contributed by atoms with Crippen LogP contribution in [-0.4, -0.2) is 23.7 Å². The third-order valence-electron chi connectivity index (χ3n) is 11.5. The van der Waals surface area contributed by atoms with Gasteiger partial charge in [-0.3, -0.25) is 9.13 Å². The van der Waals surface area contributed by atoms with Crippen molar-refractivity contribution in [3.63, 3.8) is 0 Å². The Kier molecular flexibility index (Phi) is 7.63. The van der Waals surface area contributed by atoms with Crippen LogP contribution in [0, 0.1) is 0 Å². The van der Waals surface area contributed by atoms with Crippen LogP contribution in [0.25, 0.3) is 83.0 Å². The first-order chi connectivity index (χ1) is 28.4. The van der Waals surface area contributed by atoms with Gasteiger partial charge in [0.25, 0.3) is 0 Å². The van der Waals surface area contributed by atoms with E-state index in [1.54, 1.807) is 0 Å². The number of rotatable bonds is 6. The second-order valence-electron chi connectivity index (χ2n) is 16.1. The van der Waals surface area contributed by atoms with Crippen LogP contribution in [-0.2, 0) is 5.41 Å². The van der Waals surface area contributed by atoms with Crippen molar-refractivity contribution in [2.24, 2.45) is 0 Å². The zero-order valence-corrected chi connectivity index (χ0v) is 32.6. The minimum atomic E-state index is -0.0347. The zero-order chi connectivity index (χ0) is 39.0. The lowest BCUT2D eigenvalue weighted by Gasteiger charge is -2.20. The molecule has 0 radical (unpaired) electrons. The number of nitrogens with zero attached hydrogens (tertiary/aromatic N) is 5. The molecule has 0 saturated heterocycles. The van der Waals surface area contributed by atoms with Gasteiger partial charge in [-0.05, 0) is 94.9 Å². The van der Waals surface area contributed by atoms with Gasteiger partial charge in [-0.25, -0.2) is 9.97 Å². The van der Waals surface area contributed by atoms with Crippen LogP contribution in [0.3, 0.4) is 0 Å². The number of pyridine rings is 1. The van der Waals surface area contributed by atoms with Crippen molar-refractivity contribution < 1.29 is 0 Å². The Labute approximate surface area is 336 Å². The standard InChI is InChI=1S/C52H40N6/c1-52(2,3)36-26-27-53-50(29-36)58-46-23-12-9-20-42(46)51-48(57-44-21-10-7-18-40(44)41-19-8-11-22-45(41)57)31-38(32-49(51)58)55-37-16-13-17-39(30-37)56-33-54-43-28-35(24-25-47(43)56)34-14-5-4-6-15-34/h4-33,55H,1-3H3. The summed E-state index contributed by atoms with van der Waals surface area (Å²) in [5, 5.41) is 8.65. The normalized spacial score (nSPS) is 12.1. The third-order valence-corrected chi connectivity index (χ3v) is 11.5.